The number of nitrogens with one attached hydrogen (secondary N) is 1. The molecular weight excluding hydrogens is 280 g/mol. The molecule has 1 aromatic rings. The molecule has 1 aliphatic rings. The maximum atomic E-state index is 12.5. The lowest BCUT2D eigenvalue weighted by Gasteiger charge is -2.38. The lowest BCUT2D eigenvalue weighted by molar-refractivity contribution is -0.126. The monoisotopic (exact) mass is 306 g/mol. The molecular formula is C17H26N2O3. The highest BCUT2D eigenvalue weighted by Gasteiger charge is 2.29. The minimum absolute atomic E-state index is 0.0200. The number of carbonyl (C=O) groups excluding carboxylic acids is 1. The molecule has 0 saturated carbocycles. The maximum absolute atomic E-state index is 12.5. The number of rotatable bonds is 5. The molecule has 3 atom stereocenters. The van der Waals surface area contributed by atoms with Crippen LogP contribution in [-0.4, -0.2) is 48.8 Å². The van der Waals surface area contributed by atoms with E-state index in [0.29, 0.717) is 12.4 Å². The average molecular weight is 306 g/mol. The molecule has 1 amide bonds. The Labute approximate surface area is 132 Å². The summed E-state index contributed by atoms with van der Waals surface area (Å²) in [5.74, 6) is 0.683. The zero-order valence-electron chi connectivity index (χ0n) is 13.8. The Morgan fingerprint density at radius 1 is 1.36 bits per heavy atom. The summed E-state index contributed by atoms with van der Waals surface area (Å²) >= 11 is 0. The van der Waals surface area contributed by atoms with Gasteiger partial charge in [-0.05, 0) is 39.8 Å². The van der Waals surface area contributed by atoms with Gasteiger partial charge in [-0.3, -0.25) is 9.69 Å². The lowest BCUT2D eigenvalue weighted by Crippen LogP contribution is -2.52. The van der Waals surface area contributed by atoms with E-state index in [1.807, 2.05) is 52.0 Å². The molecule has 1 heterocycles. The van der Waals surface area contributed by atoms with E-state index in [0.717, 1.165) is 18.8 Å². The van der Waals surface area contributed by atoms with Crippen molar-refractivity contribution < 1.29 is 14.3 Å². The minimum atomic E-state index is -0.205. The third kappa shape index (κ3) is 4.21. The van der Waals surface area contributed by atoms with Gasteiger partial charge in [0.15, 0.2) is 0 Å². The molecule has 1 aromatic carbocycles. The quantitative estimate of drug-likeness (QED) is 0.908. The molecule has 122 valence electrons. The summed E-state index contributed by atoms with van der Waals surface area (Å²) in [7, 11) is 0. The number of ether oxygens (including phenoxy) is 2. The van der Waals surface area contributed by atoms with Crippen LogP contribution in [0.3, 0.4) is 0 Å². The first-order valence-corrected chi connectivity index (χ1v) is 7.93. The van der Waals surface area contributed by atoms with Gasteiger partial charge in [-0.2, -0.15) is 0 Å². The Kier molecular flexibility index (Phi) is 5.80. The van der Waals surface area contributed by atoms with Gasteiger partial charge in [-0.15, -0.1) is 0 Å². The molecule has 0 bridgehead atoms. The van der Waals surface area contributed by atoms with Crippen molar-refractivity contribution in [1.29, 1.82) is 0 Å². The van der Waals surface area contributed by atoms with Crippen LogP contribution in [0.1, 0.15) is 27.7 Å². The van der Waals surface area contributed by atoms with Crippen molar-refractivity contribution >= 4 is 11.6 Å². The topological polar surface area (TPSA) is 50.8 Å². The fourth-order valence-corrected chi connectivity index (χ4v) is 2.79. The number of hydrogen-bond donors (Lipinski definition) is 1. The standard InChI is InChI=1S/C17H26N2O3/c1-5-21-16-9-7-6-8-15(16)18-17(20)14(4)19-10-12(2)22-13(3)11-19/h6-9,12-14H,5,10-11H2,1-4H3,(H,18,20)/t12-,13-,14+/m1/s1. The SMILES string of the molecule is CCOc1ccccc1NC(=O)[C@H](C)N1C[C@@H](C)O[C@H](C)C1. The summed E-state index contributed by atoms with van der Waals surface area (Å²) in [6.45, 7) is 10.1. The molecule has 1 fully saturated rings. The predicted molar refractivity (Wildman–Crippen MR) is 87.3 cm³/mol. The van der Waals surface area contributed by atoms with Crippen LogP contribution in [-0.2, 0) is 9.53 Å². The van der Waals surface area contributed by atoms with Gasteiger partial charge in [0.1, 0.15) is 5.75 Å². The number of morpholine rings is 1. The second kappa shape index (κ2) is 7.61. The summed E-state index contributed by atoms with van der Waals surface area (Å²) in [5.41, 5.74) is 0.718. The number of anilines is 1. The van der Waals surface area contributed by atoms with Crippen LogP contribution in [0, 0.1) is 0 Å². The second-order valence-electron chi connectivity index (χ2n) is 5.81. The van der Waals surface area contributed by atoms with E-state index in [9.17, 15) is 4.79 Å². The molecule has 5 nitrogen and oxygen atoms in total. The number of nitrogens with zero attached hydrogens (tertiary/aromatic N) is 1. The highest BCUT2D eigenvalue weighted by atomic mass is 16.5. The number of amides is 1. The van der Waals surface area contributed by atoms with E-state index in [1.54, 1.807) is 0 Å². The van der Waals surface area contributed by atoms with E-state index >= 15 is 0 Å². The van der Waals surface area contributed by atoms with E-state index in [-0.39, 0.29) is 24.2 Å². The van der Waals surface area contributed by atoms with E-state index in [2.05, 4.69) is 10.2 Å². The third-order valence-corrected chi connectivity index (χ3v) is 3.82. The summed E-state index contributed by atoms with van der Waals surface area (Å²) in [4.78, 5) is 14.7. The van der Waals surface area contributed by atoms with Gasteiger partial charge >= 0.3 is 0 Å². The predicted octanol–water partition coefficient (Wildman–Crippen LogP) is 2.52. The van der Waals surface area contributed by atoms with Crippen LogP contribution in [0.4, 0.5) is 5.69 Å². The molecule has 0 unspecified atom stereocenters. The summed E-state index contributed by atoms with van der Waals surface area (Å²) in [6.07, 6.45) is 0.296. The molecule has 0 aliphatic carbocycles. The Balaban J connectivity index is 2.02. The molecule has 22 heavy (non-hydrogen) atoms. The molecule has 1 saturated heterocycles. The van der Waals surface area contributed by atoms with E-state index < -0.39 is 0 Å². The fourth-order valence-electron chi connectivity index (χ4n) is 2.79. The van der Waals surface area contributed by atoms with Crippen LogP contribution in [0.25, 0.3) is 0 Å². The van der Waals surface area contributed by atoms with Crippen molar-refractivity contribution in [3.63, 3.8) is 0 Å². The van der Waals surface area contributed by atoms with Gasteiger partial charge in [-0.25, -0.2) is 0 Å². The van der Waals surface area contributed by atoms with Crippen molar-refractivity contribution in [2.75, 3.05) is 25.0 Å². The van der Waals surface area contributed by atoms with Crippen molar-refractivity contribution in [3.8, 4) is 5.75 Å². The van der Waals surface area contributed by atoms with Gasteiger partial charge in [0.25, 0.3) is 0 Å². The highest BCUT2D eigenvalue weighted by molar-refractivity contribution is 5.95. The molecule has 2 rings (SSSR count). The summed E-state index contributed by atoms with van der Waals surface area (Å²) < 4.78 is 11.3. The van der Waals surface area contributed by atoms with E-state index in [4.69, 9.17) is 9.47 Å². The third-order valence-electron chi connectivity index (χ3n) is 3.82. The fraction of sp³-hybridized carbons (Fsp3) is 0.588. The first-order valence-electron chi connectivity index (χ1n) is 7.93. The van der Waals surface area contributed by atoms with Gasteiger partial charge in [0.2, 0.25) is 5.91 Å². The molecule has 1 aliphatic heterocycles. The molecule has 5 heteroatoms. The maximum Gasteiger partial charge on any atom is 0.241 e. The molecule has 0 radical (unpaired) electrons. The number of hydrogen-bond acceptors (Lipinski definition) is 4. The largest absolute Gasteiger partial charge is 0.492 e. The Hall–Kier alpha value is -1.59. The first-order chi connectivity index (χ1) is 10.5. The normalized spacial score (nSPS) is 23.8. The second-order valence-corrected chi connectivity index (χ2v) is 5.81. The van der Waals surface area contributed by atoms with Crippen molar-refractivity contribution in [2.24, 2.45) is 0 Å². The average Bonchev–Trinajstić information content (AvgIpc) is 2.47. The smallest absolute Gasteiger partial charge is 0.241 e. The van der Waals surface area contributed by atoms with Crippen molar-refractivity contribution in [3.05, 3.63) is 24.3 Å². The molecule has 0 aromatic heterocycles. The Bertz CT molecular complexity index is 496. The first kappa shape index (κ1) is 16.8. The zero-order chi connectivity index (χ0) is 16.1. The lowest BCUT2D eigenvalue weighted by atomic mass is 10.1. The van der Waals surface area contributed by atoms with Gasteiger partial charge < -0.3 is 14.8 Å². The van der Waals surface area contributed by atoms with Crippen LogP contribution in [0.15, 0.2) is 24.3 Å². The summed E-state index contributed by atoms with van der Waals surface area (Å²) in [6, 6.07) is 7.31. The Morgan fingerprint density at radius 2 is 2.00 bits per heavy atom. The van der Waals surface area contributed by atoms with Crippen molar-refractivity contribution in [2.45, 2.75) is 45.9 Å². The van der Waals surface area contributed by atoms with Crippen LogP contribution >= 0.6 is 0 Å². The molecule has 0 spiro atoms. The van der Waals surface area contributed by atoms with Crippen molar-refractivity contribution in [1.82, 2.24) is 4.90 Å². The van der Waals surface area contributed by atoms with Gasteiger partial charge in [0, 0.05) is 13.1 Å². The van der Waals surface area contributed by atoms with E-state index in [1.165, 1.54) is 0 Å². The minimum Gasteiger partial charge on any atom is -0.492 e. The number of carbonyl (C=O) groups is 1. The number of para-hydroxylation sites is 2. The van der Waals surface area contributed by atoms with Gasteiger partial charge in [-0.1, -0.05) is 12.1 Å². The van der Waals surface area contributed by atoms with Crippen LogP contribution in [0.2, 0.25) is 0 Å². The Morgan fingerprint density at radius 3 is 2.64 bits per heavy atom. The highest BCUT2D eigenvalue weighted by Crippen LogP contribution is 2.24. The number of benzene rings is 1. The van der Waals surface area contributed by atoms with Crippen LogP contribution < -0.4 is 10.1 Å². The van der Waals surface area contributed by atoms with Crippen LogP contribution in [0.5, 0.6) is 5.75 Å². The molecule has 1 N–H and O–H groups in total. The zero-order valence-corrected chi connectivity index (χ0v) is 13.8. The van der Waals surface area contributed by atoms with Gasteiger partial charge in [0.05, 0.1) is 30.5 Å². The summed E-state index contributed by atoms with van der Waals surface area (Å²) in [5, 5.41) is 2.98.